The molecule has 1 saturated carbocycles. The average molecular weight is 594 g/mol. The molecule has 0 aromatic heterocycles. The van der Waals surface area contributed by atoms with Gasteiger partial charge in [-0.05, 0) is 51.9 Å². The van der Waals surface area contributed by atoms with Gasteiger partial charge in [0.1, 0.15) is 18.4 Å². The molecule has 0 aromatic rings. The van der Waals surface area contributed by atoms with Crippen molar-refractivity contribution in [2.45, 2.75) is 124 Å². The van der Waals surface area contributed by atoms with E-state index in [4.69, 9.17) is 11.2 Å². The predicted octanol–water partition coefficient (Wildman–Crippen LogP) is 4.34. The number of nitrogens with zero attached hydrogens (tertiary/aromatic N) is 1. The first kappa shape index (κ1) is 43.1. The highest BCUT2D eigenvalue weighted by Gasteiger charge is 2.40. The Labute approximate surface area is 255 Å². The van der Waals surface area contributed by atoms with Crippen molar-refractivity contribution in [3.63, 3.8) is 0 Å². The van der Waals surface area contributed by atoms with Crippen molar-refractivity contribution in [2.24, 2.45) is 5.92 Å². The van der Waals surface area contributed by atoms with Gasteiger partial charge in [0.25, 0.3) is 0 Å². The molecule has 1 heterocycles. The molecule has 0 radical (unpaired) electrons. The van der Waals surface area contributed by atoms with Crippen LogP contribution in [0.3, 0.4) is 0 Å². The predicted molar refractivity (Wildman–Crippen MR) is 172 cm³/mol. The molecule has 10 nitrogen and oxygen atoms in total. The van der Waals surface area contributed by atoms with E-state index in [1.807, 2.05) is 20.8 Å². The zero-order valence-corrected chi connectivity index (χ0v) is 27.3. The minimum absolute atomic E-state index is 0.0285. The number of terminal acetylenes is 1. The minimum Gasteiger partial charge on any atom is -0.355 e. The molecule has 3 atom stereocenters. The molecular weight excluding hydrogens is 534 g/mol. The molecule has 2 fully saturated rings. The Morgan fingerprint density at radius 1 is 1.05 bits per heavy atom. The maximum atomic E-state index is 13.3. The Morgan fingerprint density at radius 3 is 2.07 bits per heavy atom. The van der Waals surface area contributed by atoms with Gasteiger partial charge in [-0.15, -0.1) is 18.9 Å². The van der Waals surface area contributed by atoms with Crippen molar-refractivity contribution in [1.82, 2.24) is 26.2 Å². The molecule has 3 unspecified atom stereocenters. The number of hydrogen-bond acceptors (Lipinski definition) is 5. The van der Waals surface area contributed by atoms with Crippen LogP contribution in [0.25, 0.3) is 0 Å². The van der Waals surface area contributed by atoms with Gasteiger partial charge in [-0.25, -0.2) is 4.79 Å². The Kier molecular flexibility index (Phi) is 31.4. The number of carbonyl (C=O) groups is 5. The maximum absolute atomic E-state index is 13.3. The maximum Gasteiger partial charge on any atom is 0.315 e. The molecule has 1 saturated heterocycles. The van der Waals surface area contributed by atoms with Gasteiger partial charge < -0.3 is 31.0 Å². The summed E-state index contributed by atoms with van der Waals surface area (Å²) in [6.45, 7) is 16.1. The van der Waals surface area contributed by atoms with Crippen LogP contribution in [-0.4, -0.2) is 73.7 Å². The monoisotopic (exact) mass is 593 g/mol. The zero-order valence-electron chi connectivity index (χ0n) is 27.3. The Hall–Kier alpha value is -3.35. The first-order valence-corrected chi connectivity index (χ1v) is 15.4. The Morgan fingerprint density at radius 2 is 1.62 bits per heavy atom. The van der Waals surface area contributed by atoms with Gasteiger partial charge >= 0.3 is 6.03 Å². The summed E-state index contributed by atoms with van der Waals surface area (Å²) in [6, 6.07) is -1.43. The van der Waals surface area contributed by atoms with Gasteiger partial charge in [0.05, 0.1) is 0 Å². The van der Waals surface area contributed by atoms with Crippen molar-refractivity contribution in [3.05, 3.63) is 12.7 Å². The van der Waals surface area contributed by atoms with Crippen LogP contribution in [0.15, 0.2) is 12.7 Å². The topological polar surface area (TPSA) is 137 Å². The highest BCUT2D eigenvalue weighted by Crippen LogP contribution is 2.29. The first-order valence-electron chi connectivity index (χ1n) is 15.4. The smallest absolute Gasteiger partial charge is 0.315 e. The molecule has 10 heteroatoms. The standard InChI is InChI=1S/C21H34N4O3.C4H7NO.C3H8.C2H4O.C2H6/c1-4-5-10-15(2)23-19(26)17-13-9-14-25(17)20(27)18(24-21(28)22-3)16-11-7-6-8-12-16;1-2-3-5-4-6;1-3-2;1-2-3;1-2/h1,15-18H,5-14H2,2-3H3,(H,23,26)(H2,22,24,28);2,4H,1,3H2,(H,5,6);3H2,1-2H3;2H,1H3;1-2H3. The van der Waals surface area contributed by atoms with Crippen LogP contribution in [0.4, 0.5) is 4.79 Å². The molecule has 4 N–H and O–H groups in total. The third-order valence-corrected chi connectivity index (χ3v) is 6.20. The Balaban J connectivity index is -0.000000912. The highest BCUT2D eigenvalue weighted by molar-refractivity contribution is 5.92. The molecular formula is C32H59N5O5. The van der Waals surface area contributed by atoms with E-state index in [1.54, 1.807) is 18.0 Å². The fraction of sp³-hybridized carbons (Fsp3) is 0.719. The SMILES string of the molecule is C#CCCC(C)NC(=O)C1CCCN1C(=O)C(NC(=O)NC)C1CCCCC1.C=CCNC=O.CC.CC=O.CCC. The lowest BCUT2D eigenvalue weighted by Gasteiger charge is -2.34. The lowest BCUT2D eigenvalue weighted by molar-refractivity contribution is -0.141. The van der Waals surface area contributed by atoms with Gasteiger partial charge in [0.2, 0.25) is 18.2 Å². The molecule has 42 heavy (non-hydrogen) atoms. The van der Waals surface area contributed by atoms with Crippen LogP contribution in [-0.2, 0) is 19.2 Å². The molecule has 0 aromatic carbocycles. The number of hydrogen-bond donors (Lipinski definition) is 4. The normalized spacial score (nSPS) is 16.5. The summed E-state index contributed by atoms with van der Waals surface area (Å²) in [7, 11) is 1.54. The highest BCUT2D eigenvalue weighted by atomic mass is 16.2. The summed E-state index contributed by atoms with van der Waals surface area (Å²) < 4.78 is 0. The summed E-state index contributed by atoms with van der Waals surface area (Å²) in [4.78, 5) is 57.9. The van der Waals surface area contributed by atoms with E-state index >= 15 is 0 Å². The third-order valence-electron chi connectivity index (χ3n) is 6.20. The molecule has 1 aliphatic heterocycles. The number of urea groups is 1. The number of nitrogens with one attached hydrogen (secondary N) is 4. The van der Waals surface area contributed by atoms with E-state index in [2.05, 4.69) is 47.6 Å². The van der Waals surface area contributed by atoms with E-state index in [9.17, 15) is 19.2 Å². The minimum atomic E-state index is -0.576. The molecule has 1 aliphatic carbocycles. The van der Waals surface area contributed by atoms with Crippen molar-refractivity contribution in [2.75, 3.05) is 20.1 Å². The second kappa shape index (κ2) is 30.6. The number of rotatable bonds is 10. The molecule has 5 amide bonds. The molecule has 0 bridgehead atoms. The van der Waals surface area contributed by atoms with Crippen molar-refractivity contribution in [1.29, 1.82) is 0 Å². The summed E-state index contributed by atoms with van der Waals surface area (Å²) in [5.74, 6) is 2.44. The molecule has 2 rings (SSSR count). The summed E-state index contributed by atoms with van der Waals surface area (Å²) in [5.41, 5.74) is 0. The fourth-order valence-electron chi connectivity index (χ4n) is 4.39. The number of carbonyl (C=O) groups excluding carboxylic acids is 5. The van der Waals surface area contributed by atoms with Gasteiger partial charge in [0, 0.05) is 32.6 Å². The second-order valence-electron chi connectivity index (χ2n) is 9.70. The quantitative estimate of drug-likeness (QED) is 0.129. The summed E-state index contributed by atoms with van der Waals surface area (Å²) in [6.07, 6.45) is 17.5. The van der Waals surface area contributed by atoms with Gasteiger partial charge in [0.15, 0.2) is 0 Å². The van der Waals surface area contributed by atoms with Crippen LogP contribution in [0.1, 0.15) is 106 Å². The van der Waals surface area contributed by atoms with Crippen molar-refractivity contribution < 1.29 is 24.0 Å². The largest absolute Gasteiger partial charge is 0.355 e. The molecule has 0 spiro atoms. The third kappa shape index (κ3) is 20.5. The zero-order chi connectivity index (χ0) is 32.8. The van der Waals surface area contributed by atoms with E-state index in [1.165, 1.54) is 19.8 Å². The van der Waals surface area contributed by atoms with Crippen LogP contribution < -0.4 is 21.3 Å². The second-order valence-corrected chi connectivity index (χ2v) is 9.70. The van der Waals surface area contributed by atoms with Gasteiger partial charge in [-0.1, -0.05) is 59.5 Å². The first-order chi connectivity index (χ1) is 20.2. The van der Waals surface area contributed by atoms with E-state index in [0.29, 0.717) is 38.8 Å². The van der Waals surface area contributed by atoms with Crippen molar-refractivity contribution in [3.8, 4) is 12.3 Å². The van der Waals surface area contributed by atoms with E-state index in [-0.39, 0.29) is 29.8 Å². The number of likely N-dealkylation sites (tertiary alicyclic amines) is 1. The lowest BCUT2D eigenvalue weighted by atomic mass is 9.83. The summed E-state index contributed by atoms with van der Waals surface area (Å²) >= 11 is 0. The van der Waals surface area contributed by atoms with Gasteiger partial charge in [-0.2, -0.15) is 0 Å². The lowest BCUT2D eigenvalue weighted by Crippen LogP contribution is -2.57. The Bertz CT molecular complexity index is 770. The number of aldehydes is 1. The van der Waals surface area contributed by atoms with Gasteiger partial charge in [-0.3, -0.25) is 14.4 Å². The van der Waals surface area contributed by atoms with Crippen LogP contribution >= 0.6 is 0 Å². The van der Waals surface area contributed by atoms with Crippen LogP contribution in [0, 0.1) is 18.3 Å². The van der Waals surface area contributed by atoms with Crippen molar-refractivity contribution >= 4 is 30.5 Å². The van der Waals surface area contributed by atoms with Crippen LogP contribution in [0.5, 0.6) is 0 Å². The fourth-order valence-corrected chi connectivity index (χ4v) is 4.39. The average Bonchev–Trinajstić information content (AvgIpc) is 3.50. The van der Waals surface area contributed by atoms with Crippen LogP contribution in [0.2, 0.25) is 0 Å². The van der Waals surface area contributed by atoms with E-state index < -0.39 is 12.1 Å². The molecule has 2 aliphatic rings. The number of amides is 5. The summed E-state index contributed by atoms with van der Waals surface area (Å²) in [5, 5.41) is 10.8. The molecule has 242 valence electrons. The van der Waals surface area contributed by atoms with E-state index in [0.717, 1.165) is 38.4 Å².